The number of carbonyl (C=O) groups is 1. The first-order chi connectivity index (χ1) is 18.5. The highest BCUT2D eigenvalue weighted by Crippen LogP contribution is 2.34. The summed E-state index contributed by atoms with van der Waals surface area (Å²) in [5.41, 5.74) is 2.43. The maximum atomic E-state index is 13.8. The van der Waals surface area contributed by atoms with Crippen molar-refractivity contribution in [1.82, 2.24) is 9.99 Å². The number of aliphatic hydroxyl groups is 1. The molecule has 1 amide bonds. The molecule has 9 heteroatoms. The molecule has 3 heterocycles. The molecule has 0 spiro atoms. The normalized spacial score (nSPS) is 17.7. The second-order valence-electron chi connectivity index (χ2n) is 9.55. The van der Waals surface area contributed by atoms with Crippen LogP contribution in [0.15, 0.2) is 65.9 Å². The van der Waals surface area contributed by atoms with Crippen LogP contribution in [0.3, 0.4) is 0 Å². The third-order valence-corrected chi connectivity index (χ3v) is 6.98. The SMILES string of the molecule is O=C(C1CCN(c2cc(-c3cccc(OCCCO)c3)ccn2)CC1)N1N=CCC1c1cc(F)cc(F)c1. The summed E-state index contributed by atoms with van der Waals surface area (Å²) < 4.78 is 33.3. The van der Waals surface area contributed by atoms with Crippen LogP contribution < -0.4 is 9.64 Å². The van der Waals surface area contributed by atoms with Crippen LogP contribution in [0.4, 0.5) is 14.6 Å². The number of anilines is 1. The van der Waals surface area contributed by atoms with E-state index in [9.17, 15) is 13.6 Å². The highest BCUT2D eigenvalue weighted by Gasteiger charge is 2.35. The second kappa shape index (κ2) is 11.7. The molecule has 0 aliphatic carbocycles. The van der Waals surface area contributed by atoms with Crippen molar-refractivity contribution in [3.63, 3.8) is 0 Å². The summed E-state index contributed by atoms with van der Waals surface area (Å²) in [5.74, 6) is -0.0810. The van der Waals surface area contributed by atoms with Gasteiger partial charge in [-0.3, -0.25) is 4.79 Å². The van der Waals surface area contributed by atoms with Crippen LogP contribution in [0, 0.1) is 17.6 Å². The summed E-state index contributed by atoms with van der Waals surface area (Å²) in [4.78, 5) is 20.1. The first-order valence-electron chi connectivity index (χ1n) is 12.9. The van der Waals surface area contributed by atoms with Gasteiger partial charge in [-0.15, -0.1) is 0 Å². The second-order valence-corrected chi connectivity index (χ2v) is 9.55. The number of halogens is 2. The Morgan fingerprint density at radius 3 is 2.55 bits per heavy atom. The van der Waals surface area contributed by atoms with Crippen molar-refractivity contribution in [1.29, 1.82) is 0 Å². The zero-order valence-corrected chi connectivity index (χ0v) is 21.0. The summed E-state index contributed by atoms with van der Waals surface area (Å²) in [7, 11) is 0. The van der Waals surface area contributed by atoms with E-state index in [-0.39, 0.29) is 18.4 Å². The van der Waals surface area contributed by atoms with E-state index in [0.717, 1.165) is 28.8 Å². The number of amides is 1. The van der Waals surface area contributed by atoms with Crippen LogP contribution >= 0.6 is 0 Å². The lowest BCUT2D eigenvalue weighted by Gasteiger charge is -2.34. The summed E-state index contributed by atoms with van der Waals surface area (Å²) in [6.07, 6.45) is 5.68. The van der Waals surface area contributed by atoms with E-state index in [0.29, 0.717) is 50.9 Å². The first-order valence-corrected chi connectivity index (χ1v) is 12.9. The Morgan fingerprint density at radius 2 is 1.79 bits per heavy atom. The van der Waals surface area contributed by atoms with Gasteiger partial charge in [0, 0.05) is 56.9 Å². The quantitative estimate of drug-likeness (QED) is 0.425. The Kier molecular flexibility index (Phi) is 7.93. The van der Waals surface area contributed by atoms with E-state index in [2.05, 4.69) is 15.0 Å². The van der Waals surface area contributed by atoms with Crippen LogP contribution in [-0.2, 0) is 4.79 Å². The molecule has 1 aromatic heterocycles. The number of rotatable bonds is 8. The minimum Gasteiger partial charge on any atom is -0.493 e. The number of hydrazone groups is 1. The van der Waals surface area contributed by atoms with E-state index in [1.165, 1.54) is 17.1 Å². The number of pyridine rings is 1. The molecule has 1 atom stereocenters. The van der Waals surface area contributed by atoms with Gasteiger partial charge in [-0.05, 0) is 65.9 Å². The molecule has 2 aliphatic heterocycles. The van der Waals surface area contributed by atoms with Crippen LogP contribution in [0.5, 0.6) is 5.75 Å². The highest BCUT2D eigenvalue weighted by molar-refractivity contribution is 5.82. The molecular weight excluding hydrogens is 490 g/mol. The standard InChI is InChI=1S/C29H30F2N4O3/c30-24-15-23(16-25(31)19-24)27-6-10-33-35(27)29(37)20-7-11-34(12-8-20)28-18-22(5-9-32-28)21-3-1-4-26(17-21)38-14-2-13-36/h1,3-5,9-10,15-20,27,36H,2,6-8,11-14H2. The zero-order chi connectivity index (χ0) is 26.5. The van der Waals surface area contributed by atoms with Crippen molar-refractivity contribution < 1.29 is 23.4 Å². The number of hydrogen-bond donors (Lipinski definition) is 1. The van der Waals surface area contributed by atoms with Crippen molar-refractivity contribution in [2.75, 3.05) is 31.2 Å². The molecule has 1 fully saturated rings. The van der Waals surface area contributed by atoms with Gasteiger partial charge in [0.25, 0.3) is 0 Å². The number of benzene rings is 2. The average Bonchev–Trinajstić information content (AvgIpc) is 3.43. The molecule has 1 saturated heterocycles. The summed E-state index contributed by atoms with van der Waals surface area (Å²) in [5, 5.41) is 14.6. The lowest BCUT2D eigenvalue weighted by atomic mass is 9.94. The molecule has 2 aromatic carbocycles. The fourth-order valence-electron chi connectivity index (χ4n) is 5.00. The molecule has 3 aromatic rings. The monoisotopic (exact) mass is 520 g/mol. The van der Waals surface area contributed by atoms with Gasteiger partial charge in [0.05, 0.1) is 12.6 Å². The van der Waals surface area contributed by atoms with Crippen molar-refractivity contribution in [2.45, 2.75) is 31.7 Å². The largest absolute Gasteiger partial charge is 0.493 e. The van der Waals surface area contributed by atoms with E-state index < -0.39 is 17.7 Å². The van der Waals surface area contributed by atoms with Gasteiger partial charge in [0.15, 0.2) is 0 Å². The lowest BCUT2D eigenvalue weighted by Crippen LogP contribution is -2.41. The van der Waals surface area contributed by atoms with Crippen molar-refractivity contribution >= 4 is 17.9 Å². The molecule has 1 N–H and O–H groups in total. The van der Waals surface area contributed by atoms with E-state index in [1.54, 1.807) is 12.4 Å². The van der Waals surface area contributed by atoms with Crippen LogP contribution in [0.2, 0.25) is 0 Å². The third-order valence-electron chi connectivity index (χ3n) is 6.98. The summed E-state index contributed by atoms with van der Waals surface area (Å²) in [6.45, 7) is 1.87. The molecule has 198 valence electrons. The molecule has 0 saturated carbocycles. The van der Waals surface area contributed by atoms with Gasteiger partial charge < -0.3 is 14.7 Å². The fourth-order valence-corrected chi connectivity index (χ4v) is 5.00. The van der Waals surface area contributed by atoms with Gasteiger partial charge >= 0.3 is 0 Å². The number of nitrogens with zero attached hydrogens (tertiary/aromatic N) is 4. The van der Waals surface area contributed by atoms with Gasteiger partial charge in [-0.1, -0.05) is 12.1 Å². The van der Waals surface area contributed by atoms with Crippen molar-refractivity contribution in [2.24, 2.45) is 11.0 Å². The van der Waals surface area contributed by atoms with Gasteiger partial charge in [0.2, 0.25) is 5.91 Å². The zero-order valence-electron chi connectivity index (χ0n) is 21.0. The minimum absolute atomic E-state index is 0.0918. The lowest BCUT2D eigenvalue weighted by molar-refractivity contribution is -0.138. The van der Waals surface area contributed by atoms with Crippen LogP contribution in [0.1, 0.15) is 37.3 Å². The van der Waals surface area contributed by atoms with Crippen molar-refractivity contribution in [3.8, 4) is 16.9 Å². The third kappa shape index (κ3) is 5.83. The maximum Gasteiger partial charge on any atom is 0.246 e. The number of hydrogen-bond acceptors (Lipinski definition) is 6. The summed E-state index contributed by atoms with van der Waals surface area (Å²) in [6, 6.07) is 14.7. The smallest absolute Gasteiger partial charge is 0.246 e. The predicted octanol–water partition coefficient (Wildman–Crippen LogP) is 4.96. The van der Waals surface area contributed by atoms with E-state index in [1.807, 2.05) is 36.4 Å². The molecule has 38 heavy (non-hydrogen) atoms. The first kappa shape index (κ1) is 25.8. The highest BCUT2D eigenvalue weighted by atomic mass is 19.1. The maximum absolute atomic E-state index is 13.8. The van der Waals surface area contributed by atoms with Crippen molar-refractivity contribution in [3.05, 3.63) is 78.0 Å². The number of carbonyl (C=O) groups excluding carboxylic acids is 1. The molecule has 0 bridgehead atoms. The van der Waals surface area contributed by atoms with E-state index >= 15 is 0 Å². The van der Waals surface area contributed by atoms with Crippen LogP contribution in [0.25, 0.3) is 11.1 Å². The average molecular weight is 521 g/mol. The van der Waals surface area contributed by atoms with Gasteiger partial charge in [0.1, 0.15) is 23.2 Å². The Morgan fingerprint density at radius 1 is 1.03 bits per heavy atom. The molecule has 5 rings (SSSR count). The molecule has 2 aliphatic rings. The summed E-state index contributed by atoms with van der Waals surface area (Å²) >= 11 is 0. The van der Waals surface area contributed by atoms with Gasteiger partial charge in [-0.25, -0.2) is 18.8 Å². The number of ether oxygens (including phenoxy) is 1. The predicted molar refractivity (Wildman–Crippen MR) is 141 cm³/mol. The molecule has 0 radical (unpaired) electrons. The number of aromatic nitrogens is 1. The Labute approximate surface area is 220 Å². The topological polar surface area (TPSA) is 78.3 Å². The van der Waals surface area contributed by atoms with Crippen LogP contribution in [-0.4, -0.2) is 53.5 Å². The number of aliphatic hydroxyl groups excluding tert-OH is 1. The van der Waals surface area contributed by atoms with Gasteiger partial charge in [-0.2, -0.15) is 5.10 Å². The molecule has 7 nitrogen and oxygen atoms in total. The minimum atomic E-state index is -0.664. The fraction of sp³-hybridized carbons (Fsp3) is 0.345. The Hall–Kier alpha value is -3.85. The number of piperidine rings is 1. The molecular formula is C29H30F2N4O3. The molecule has 1 unspecified atom stereocenters. The Balaban J connectivity index is 1.23. The van der Waals surface area contributed by atoms with E-state index in [4.69, 9.17) is 9.84 Å². The Bertz CT molecular complexity index is 1290.